The molecule has 0 N–H and O–H groups in total. The molecule has 0 fully saturated rings. The zero-order valence-corrected chi connectivity index (χ0v) is 38.7. The molecule has 0 spiro atoms. The minimum atomic E-state index is -2.18. The molecule has 8 rings (SSSR count). The standard InChI is InChI=1S/C31H30NO.C21H22GeN.Ir/c1-19-13-20(2)30(21(3)14-19)24-8-10-29-26(17-24)25-16-23(7-9-28(25)33-29)27-15-22(11-12-32-27)18-31(4,5)6;1-16-10-11-18(14-20(16)17-8-6-5-7-9-17)21-13-12-19(15-23-21)22(2,3)4;/h8-17H,18H2,1-6H3;5-10,12-15H,1-4H3;/q2*-1;/i18D2;1D3;. The number of hydrogen-bond donors (Lipinski definition) is 0. The number of hydrogen-bond acceptors (Lipinski definition) is 3. The normalized spacial score (nSPS) is 13.4. The van der Waals surface area contributed by atoms with Crippen LogP contribution in [0.1, 0.15) is 55.4 Å². The molecule has 5 aromatic carbocycles. The molecule has 1 radical (unpaired) electrons. The van der Waals surface area contributed by atoms with Crippen molar-refractivity contribution < 1.29 is 31.4 Å². The Morgan fingerprint density at radius 1 is 0.702 bits per heavy atom. The third-order valence-corrected chi connectivity index (χ3v) is 14.1. The van der Waals surface area contributed by atoms with Crippen molar-refractivity contribution in [3.05, 3.63) is 162 Å². The second kappa shape index (κ2) is 17.1. The SMILES string of the molecule is [2H]C([2H])([2H])c1c[c-]c(-c2cc[c]([Ge]([CH3])([CH3])[CH3])cn2)cc1-c1ccccc1.[2H]C([2H])(c1ccnc(-c2[c-]cc3oc4ccc(-c5c(C)cc(C)cc5C)cc4c3c2)c1)C(C)(C)C.[Ir]. The van der Waals surface area contributed by atoms with E-state index in [1.807, 2.05) is 87.6 Å². The summed E-state index contributed by atoms with van der Waals surface area (Å²) in [6, 6.07) is 42.0. The predicted molar refractivity (Wildman–Crippen MR) is 240 cm³/mol. The van der Waals surface area contributed by atoms with Gasteiger partial charge in [0.1, 0.15) is 5.58 Å². The predicted octanol–water partition coefficient (Wildman–Crippen LogP) is 13.7. The summed E-state index contributed by atoms with van der Waals surface area (Å²) in [5.74, 6) is 7.00. The molecule has 3 aromatic heterocycles. The van der Waals surface area contributed by atoms with Crippen LogP contribution in [0.4, 0.5) is 0 Å². The zero-order chi connectivity index (χ0) is 44.1. The van der Waals surface area contributed by atoms with Crippen LogP contribution in [0.3, 0.4) is 0 Å². The van der Waals surface area contributed by atoms with Gasteiger partial charge in [-0.2, -0.15) is 0 Å². The van der Waals surface area contributed by atoms with Crippen molar-refractivity contribution >= 4 is 39.6 Å². The van der Waals surface area contributed by atoms with Crippen LogP contribution in [-0.4, -0.2) is 23.2 Å². The first-order valence-corrected chi connectivity index (χ1v) is 26.5. The maximum Gasteiger partial charge on any atom is 0.121 e. The number of aryl methyl sites for hydroxylation is 4. The van der Waals surface area contributed by atoms with Gasteiger partial charge >= 0.3 is 146 Å². The van der Waals surface area contributed by atoms with Gasteiger partial charge in [-0.3, -0.25) is 0 Å². The first kappa shape index (κ1) is 35.5. The Morgan fingerprint density at radius 3 is 2.07 bits per heavy atom. The molecule has 0 aliphatic rings. The van der Waals surface area contributed by atoms with E-state index in [4.69, 9.17) is 11.3 Å². The fourth-order valence-electron chi connectivity index (χ4n) is 7.24. The summed E-state index contributed by atoms with van der Waals surface area (Å²) in [6.07, 6.45) is 2.15. The Kier molecular flexibility index (Phi) is 10.7. The number of pyridine rings is 2. The molecule has 0 aliphatic heterocycles. The Hall–Kier alpha value is -4.61. The molecule has 5 heteroatoms. The molecule has 0 amide bonds. The van der Waals surface area contributed by atoms with Crippen molar-refractivity contribution in [3.8, 4) is 44.8 Å². The molecule has 57 heavy (non-hydrogen) atoms. The Bertz CT molecular complexity index is 2850. The number of aromatic nitrogens is 2. The molecular formula is C52H52GeIrN2O-2. The Balaban J connectivity index is 0.000000213. The van der Waals surface area contributed by atoms with Gasteiger partial charge in [0.25, 0.3) is 0 Å². The summed E-state index contributed by atoms with van der Waals surface area (Å²) in [7, 11) is 0. The van der Waals surface area contributed by atoms with Gasteiger partial charge in [-0.05, 0) is 78.7 Å². The van der Waals surface area contributed by atoms with E-state index < -0.39 is 31.9 Å². The average molecular weight is 991 g/mol. The van der Waals surface area contributed by atoms with Crippen LogP contribution in [0.25, 0.3) is 66.7 Å². The molecule has 3 heterocycles. The third kappa shape index (κ3) is 9.75. The monoisotopic (exact) mass is 992 g/mol. The van der Waals surface area contributed by atoms with E-state index in [9.17, 15) is 0 Å². The minimum absolute atomic E-state index is 0. The van der Waals surface area contributed by atoms with E-state index in [0.29, 0.717) is 22.4 Å². The van der Waals surface area contributed by atoms with Crippen LogP contribution in [-0.2, 0) is 26.5 Å². The van der Waals surface area contributed by atoms with Crippen molar-refractivity contribution in [1.29, 1.82) is 0 Å². The first-order chi connectivity index (χ1) is 28.6. The third-order valence-electron chi connectivity index (χ3n) is 9.86. The van der Waals surface area contributed by atoms with Gasteiger partial charge in [0.15, 0.2) is 0 Å². The number of nitrogens with zero attached hydrogens (tertiary/aromatic N) is 2. The van der Waals surface area contributed by atoms with Gasteiger partial charge < -0.3 is 9.40 Å². The van der Waals surface area contributed by atoms with Gasteiger partial charge in [0.2, 0.25) is 0 Å². The van der Waals surface area contributed by atoms with Crippen LogP contribution in [0.15, 0.2) is 126 Å². The van der Waals surface area contributed by atoms with Gasteiger partial charge in [0, 0.05) is 34.4 Å². The number of furan rings is 1. The molecule has 8 aromatic rings. The molecule has 3 nitrogen and oxygen atoms in total. The topological polar surface area (TPSA) is 38.9 Å². The summed E-state index contributed by atoms with van der Waals surface area (Å²) in [5.41, 5.74) is 13.0. The summed E-state index contributed by atoms with van der Waals surface area (Å²) in [6.45, 7) is 10.0. The molecular weight excluding hydrogens is 933 g/mol. The summed E-state index contributed by atoms with van der Waals surface area (Å²) >= 11 is -1.91. The number of benzene rings is 5. The van der Waals surface area contributed by atoms with E-state index in [2.05, 4.69) is 96.5 Å². The second-order valence-corrected chi connectivity index (χ2v) is 27.4. The second-order valence-electron chi connectivity index (χ2n) is 16.7. The smallest absolute Gasteiger partial charge is 0.121 e. The van der Waals surface area contributed by atoms with E-state index in [1.165, 1.54) is 32.2 Å². The number of rotatable bonds is 6. The van der Waals surface area contributed by atoms with Crippen molar-refractivity contribution in [1.82, 2.24) is 9.97 Å². The van der Waals surface area contributed by atoms with Crippen LogP contribution >= 0.6 is 0 Å². The van der Waals surface area contributed by atoms with Crippen molar-refractivity contribution in [2.24, 2.45) is 5.41 Å². The molecule has 0 saturated carbocycles. The van der Waals surface area contributed by atoms with Gasteiger partial charge in [0.05, 0.1) is 5.58 Å². The maximum absolute atomic E-state index is 8.66. The van der Waals surface area contributed by atoms with Crippen LogP contribution in [0.5, 0.6) is 0 Å². The summed E-state index contributed by atoms with van der Waals surface area (Å²) in [5, 5.41) is 2.05. The fraction of sp³-hybridized carbons (Fsp3) is 0.231. The molecule has 0 unspecified atom stereocenters. The quantitative estimate of drug-likeness (QED) is 0.123. The van der Waals surface area contributed by atoms with Crippen molar-refractivity contribution in [2.45, 2.75) is 72.0 Å². The van der Waals surface area contributed by atoms with E-state index in [0.717, 1.165) is 44.3 Å². The van der Waals surface area contributed by atoms with Crippen molar-refractivity contribution in [2.75, 3.05) is 0 Å². The Morgan fingerprint density at radius 2 is 1.40 bits per heavy atom. The van der Waals surface area contributed by atoms with E-state index in [1.54, 1.807) is 18.3 Å². The Labute approximate surface area is 362 Å². The van der Waals surface area contributed by atoms with Crippen LogP contribution in [0.2, 0.25) is 17.3 Å². The minimum Gasteiger partial charge on any atom is -0.500 e. The van der Waals surface area contributed by atoms with Crippen molar-refractivity contribution in [3.63, 3.8) is 0 Å². The molecule has 0 atom stereocenters. The van der Waals surface area contributed by atoms with Crippen LogP contribution < -0.4 is 4.40 Å². The summed E-state index contributed by atoms with van der Waals surface area (Å²) in [4.78, 5) is 9.16. The maximum atomic E-state index is 8.66. The average Bonchev–Trinajstić information content (AvgIpc) is 3.57. The summed E-state index contributed by atoms with van der Waals surface area (Å²) < 4.78 is 48.3. The first-order valence-electron chi connectivity index (χ1n) is 21.6. The zero-order valence-electron chi connectivity index (χ0n) is 39.2. The largest absolute Gasteiger partial charge is 0.500 e. The molecule has 0 saturated heterocycles. The molecule has 0 bridgehead atoms. The van der Waals surface area contributed by atoms with E-state index >= 15 is 0 Å². The van der Waals surface area contributed by atoms with Gasteiger partial charge in [-0.1, -0.05) is 61.5 Å². The fourth-order valence-corrected chi connectivity index (χ4v) is 9.41. The van der Waals surface area contributed by atoms with Gasteiger partial charge in [-0.15, -0.1) is 23.8 Å². The van der Waals surface area contributed by atoms with Crippen LogP contribution in [0, 0.1) is 45.2 Å². The van der Waals surface area contributed by atoms with Gasteiger partial charge in [-0.25, -0.2) is 0 Å². The molecule has 0 aliphatic carbocycles. The number of fused-ring (bicyclic) bond motifs is 3. The molecule has 291 valence electrons. The van der Waals surface area contributed by atoms with E-state index in [-0.39, 0.29) is 20.1 Å².